The Bertz CT molecular complexity index is 452. The van der Waals surface area contributed by atoms with Crippen LogP contribution in [0, 0.1) is 0 Å². The number of amides is 1. The van der Waals surface area contributed by atoms with Gasteiger partial charge < -0.3 is 15.8 Å². The molecule has 2 rings (SSSR count). The zero-order chi connectivity index (χ0) is 14.5. The molecule has 6 nitrogen and oxygen atoms in total. The monoisotopic (exact) mass is 280 g/mol. The van der Waals surface area contributed by atoms with Gasteiger partial charge in [-0.15, -0.1) is 0 Å². The molecule has 1 aromatic heterocycles. The molecule has 6 heteroatoms. The van der Waals surface area contributed by atoms with Crippen molar-refractivity contribution in [3.63, 3.8) is 0 Å². The fourth-order valence-corrected chi connectivity index (χ4v) is 2.05. The van der Waals surface area contributed by atoms with Crippen LogP contribution in [0.25, 0.3) is 0 Å². The molecule has 1 saturated carbocycles. The summed E-state index contributed by atoms with van der Waals surface area (Å²) in [6.45, 7) is 5.37. The summed E-state index contributed by atoms with van der Waals surface area (Å²) >= 11 is 0. The predicted molar refractivity (Wildman–Crippen MR) is 77.6 cm³/mol. The lowest BCUT2D eigenvalue weighted by Gasteiger charge is -2.07. The molecule has 1 aliphatic rings. The van der Waals surface area contributed by atoms with Gasteiger partial charge in [0.15, 0.2) is 5.69 Å². The minimum atomic E-state index is -0.199. The van der Waals surface area contributed by atoms with Crippen LogP contribution >= 0.6 is 0 Å². The van der Waals surface area contributed by atoms with Gasteiger partial charge in [-0.05, 0) is 39.5 Å². The molecule has 1 aromatic rings. The fraction of sp³-hybridized carbons (Fsp3) is 0.714. The Morgan fingerprint density at radius 3 is 2.90 bits per heavy atom. The van der Waals surface area contributed by atoms with Gasteiger partial charge in [-0.3, -0.25) is 9.89 Å². The van der Waals surface area contributed by atoms with Crippen LogP contribution in [0.1, 0.15) is 61.6 Å². The Morgan fingerprint density at radius 1 is 1.50 bits per heavy atom. The molecule has 4 N–H and O–H groups in total. The van der Waals surface area contributed by atoms with Gasteiger partial charge in [0.2, 0.25) is 0 Å². The molecule has 0 spiro atoms. The van der Waals surface area contributed by atoms with Gasteiger partial charge in [0.05, 0.1) is 17.5 Å². The average Bonchev–Trinajstić information content (AvgIpc) is 3.16. The van der Waals surface area contributed by atoms with Crippen LogP contribution in [0.15, 0.2) is 0 Å². The standard InChI is InChI=1S/C14H24N4O2/c1-9(2)20-8-4-3-7-16-14(19)13-11(15)12(17-18-13)10-5-6-10/h9-10H,3-8,15H2,1-2H3,(H,16,19)(H,17,18). The van der Waals surface area contributed by atoms with Gasteiger partial charge >= 0.3 is 0 Å². The lowest BCUT2D eigenvalue weighted by Crippen LogP contribution is -2.26. The highest BCUT2D eigenvalue weighted by Crippen LogP contribution is 2.42. The molecule has 0 unspecified atom stereocenters. The molecule has 0 radical (unpaired) electrons. The lowest BCUT2D eigenvalue weighted by molar-refractivity contribution is 0.0754. The third kappa shape index (κ3) is 3.96. The highest BCUT2D eigenvalue weighted by Gasteiger charge is 2.30. The van der Waals surface area contributed by atoms with Crippen molar-refractivity contribution in [3.05, 3.63) is 11.4 Å². The van der Waals surface area contributed by atoms with Crippen molar-refractivity contribution in [2.24, 2.45) is 0 Å². The number of nitrogens with one attached hydrogen (secondary N) is 2. The van der Waals surface area contributed by atoms with Crippen molar-refractivity contribution in [2.75, 3.05) is 18.9 Å². The van der Waals surface area contributed by atoms with E-state index in [2.05, 4.69) is 15.5 Å². The minimum Gasteiger partial charge on any atom is -0.395 e. The molecule has 1 heterocycles. The smallest absolute Gasteiger partial charge is 0.273 e. The maximum Gasteiger partial charge on any atom is 0.273 e. The first kappa shape index (κ1) is 14.8. The summed E-state index contributed by atoms with van der Waals surface area (Å²) in [7, 11) is 0. The van der Waals surface area contributed by atoms with Gasteiger partial charge in [-0.1, -0.05) is 0 Å². The first-order valence-corrected chi connectivity index (χ1v) is 7.33. The zero-order valence-corrected chi connectivity index (χ0v) is 12.2. The number of carbonyl (C=O) groups is 1. The number of anilines is 1. The van der Waals surface area contributed by atoms with E-state index in [-0.39, 0.29) is 12.0 Å². The summed E-state index contributed by atoms with van der Waals surface area (Å²) in [5.74, 6) is 0.271. The van der Waals surface area contributed by atoms with Crippen molar-refractivity contribution in [2.45, 2.75) is 51.6 Å². The van der Waals surface area contributed by atoms with Crippen molar-refractivity contribution in [1.29, 1.82) is 0 Å². The second kappa shape index (κ2) is 6.74. The van der Waals surface area contributed by atoms with E-state index in [9.17, 15) is 4.79 Å². The largest absolute Gasteiger partial charge is 0.395 e. The maximum atomic E-state index is 12.0. The molecular formula is C14H24N4O2. The number of unbranched alkanes of at least 4 members (excludes halogenated alkanes) is 1. The van der Waals surface area contributed by atoms with Crippen molar-refractivity contribution in [3.8, 4) is 0 Å². The van der Waals surface area contributed by atoms with E-state index in [4.69, 9.17) is 10.5 Å². The number of nitrogens with two attached hydrogens (primary N) is 1. The first-order valence-electron chi connectivity index (χ1n) is 7.33. The van der Waals surface area contributed by atoms with E-state index < -0.39 is 0 Å². The number of nitrogens with zero attached hydrogens (tertiary/aromatic N) is 1. The van der Waals surface area contributed by atoms with Crippen LogP contribution in [-0.2, 0) is 4.74 Å². The van der Waals surface area contributed by atoms with Gasteiger partial charge in [0.25, 0.3) is 5.91 Å². The van der Waals surface area contributed by atoms with Crippen LogP contribution in [0.5, 0.6) is 0 Å². The SMILES string of the molecule is CC(C)OCCCCNC(=O)c1n[nH]c(C2CC2)c1N. The third-order valence-electron chi connectivity index (χ3n) is 3.34. The molecule has 1 amide bonds. The highest BCUT2D eigenvalue weighted by molar-refractivity contribution is 5.97. The summed E-state index contributed by atoms with van der Waals surface area (Å²) in [5, 5.41) is 9.76. The van der Waals surface area contributed by atoms with Gasteiger partial charge in [0.1, 0.15) is 0 Å². The van der Waals surface area contributed by atoms with Crippen LogP contribution in [0.4, 0.5) is 5.69 Å². The minimum absolute atomic E-state index is 0.199. The second-order valence-electron chi connectivity index (χ2n) is 5.56. The summed E-state index contributed by atoms with van der Waals surface area (Å²) < 4.78 is 5.44. The quantitative estimate of drug-likeness (QED) is 0.633. The number of hydrogen-bond donors (Lipinski definition) is 3. The number of aromatic amines is 1. The average molecular weight is 280 g/mol. The van der Waals surface area contributed by atoms with Crippen LogP contribution in [0.2, 0.25) is 0 Å². The van der Waals surface area contributed by atoms with E-state index in [0.29, 0.717) is 23.8 Å². The normalized spacial score (nSPS) is 14.8. The van der Waals surface area contributed by atoms with Crippen molar-refractivity contribution < 1.29 is 9.53 Å². The lowest BCUT2D eigenvalue weighted by atomic mass is 10.2. The Hall–Kier alpha value is -1.56. The van der Waals surface area contributed by atoms with E-state index in [1.165, 1.54) is 0 Å². The molecule has 0 aromatic carbocycles. The van der Waals surface area contributed by atoms with E-state index in [1.54, 1.807) is 0 Å². The molecule has 112 valence electrons. The van der Waals surface area contributed by atoms with E-state index in [0.717, 1.165) is 38.0 Å². The summed E-state index contributed by atoms with van der Waals surface area (Å²) in [6.07, 6.45) is 4.33. The number of hydrogen-bond acceptors (Lipinski definition) is 4. The topological polar surface area (TPSA) is 93.0 Å². The fourth-order valence-electron chi connectivity index (χ4n) is 2.05. The van der Waals surface area contributed by atoms with Crippen LogP contribution in [0.3, 0.4) is 0 Å². The number of nitrogen functional groups attached to an aromatic ring is 1. The number of H-pyrrole nitrogens is 1. The Labute approximate surface area is 119 Å². The van der Waals surface area contributed by atoms with Crippen molar-refractivity contribution in [1.82, 2.24) is 15.5 Å². The Balaban J connectivity index is 1.69. The van der Waals surface area contributed by atoms with Crippen LogP contribution in [-0.4, -0.2) is 35.4 Å². The molecular weight excluding hydrogens is 256 g/mol. The van der Waals surface area contributed by atoms with E-state index in [1.807, 2.05) is 13.8 Å². The van der Waals surface area contributed by atoms with E-state index >= 15 is 0 Å². The molecule has 1 fully saturated rings. The summed E-state index contributed by atoms with van der Waals surface area (Å²) in [6, 6.07) is 0. The second-order valence-corrected chi connectivity index (χ2v) is 5.56. The molecule has 1 aliphatic carbocycles. The highest BCUT2D eigenvalue weighted by atomic mass is 16.5. The van der Waals surface area contributed by atoms with Crippen molar-refractivity contribution >= 4 is 11.6 Å². The Morgan fingerprint density at radius 2 is 2.25 bits per heavy atom. The number of carbonyl (C=O) groups excluding carboxylic acids is 1. The molecule has 0 atom stereocenters. The summed E-state index contributed by atoms with van der Waals surface area (Å²) in [5.41, 5.74) is 7.70. The molecule has 0 bridgehead atoms. The molecule has 20 heavy (non-hydrogen) atoms. The number of aromatic nitrogens is 2. The molecule has 0 saturated heterocycles. The Kier molecular flexibility index (Phi) is 5.00. The third-order valence-corrected chi connectivity index (χ3v) is 3.34. The maximum absolute atomic E-state index is 12.0. The number of ether oxygens (including phenoxy) is 1. The van der Waals surface area contributed by atoms with Crippen LogP contribution < -0.4 is 11.1 Å². The first-order chi connectivity index (χ1) is 9.59. The van der Waals surface area contributed by atoms with Gasteiger partial charge in [0, 0.05) is 19.1 Å². The number of rotatable bonds is 8. The molecule has 0 aliphatic heterocycles. The van der Waals surface area contributed by atoms with Gasteiger partial charge in [-0.2, -0.15) is 5.10 Å². The predicted octanol–water partition coefficient (Wildman–Crippen LogP) is 1.80. The zero-order valence-electron chi connectivity index (χ0n) is 12.2. The summed E-state index contributed by atoms with van der Waals surface area (Å²) in [4.78, 5) is 12.0. The van der Waals surface area contributed by atoms with Gasteiger partial charge in [-0.25, -0.2) is 0 Å².